The van der Waals surface area contributed by atoms with Crippen molar-refractivity contribution in [3.05, 3.63) is 44.2 Å². The summed E-state index contributed by atoms with van der Waals surface area (Å²) in [5.74, 6) is -1.43. The second-order valence-corrected chi connectivity index (χ2v) is 9.80. The van der Waals surface area contributed by atoms with Crippen LogP contribution in [-0.2, 0) is 16.4 Å². The van der Waals surface area contributed by atoms with Crippen molar-refractivity contribution in [3.63, 3.8) is 0 Å². The van der Waals surface area contributed by atoms with E-state index in [1.54, 1.807) is 0 Å². The molecule has 0 unspecified atom stereocenters. The van der Waals surface area contributed by atoms with Gasteiger partial charge in [0.15, 0.2) is 17.3 Å². The number of aromatic nitrogens is 1. The number of fused-ring (bicyclic) bond motifs is 1. The molecular weight excluding hydrogens is 514 g/mol. The van der Waals surface area contributed by atoms with E-state index in [2.05, 4.69) is 9.88 Å². The number of rotatable bonds is 7. The molecule has 0 atom stereocenters. The fraction of sp³-hybridized carbons (Fsp3) is 0.211. The first-order valence-corrected chi connectivity index (χ1v) is 11.9. The number of benzene rings is 1. The van der Waals surface area contributed by atoms with Crippen LogP contribution < -0.4 is 18.9 Å². The van der Waals surface area contributed by atoms with Crippen LogP contribution in [0.1, 0.15) is 26.5 Å². The number of thiophene rings is 1. The van der Waals surface area contributed by atoms with E-state index in [4.69, 9.17) is 30.3 Å². The van der Waals surface area contributed by atoms with Crippen molar-refractivity contribution < 1.29 is 42.2 Å². The van der Waals surface area contributed by atoms with Gasteiger partial charge in [-0.1, -0.05) is 16.8 Å². The van der Waals surface area contributed by atoms with E-state index in [9.17, 15) is 28.7 Å². The number of ketones is 1. The van der Waals surface area contributed by atoms with E-state index in [-0.39, 0.29) is 54.7 Å². The average Bonchev–Trinajstić information content (AvgIpc) is 3.46. The van der Waals surface area contributed by atoms with Gasteiger partial charge in [0.25, 0.3) is 15.9 Å². The number of nitrogens with zero attached hydrogens (tertiary/aromatic N) is 2. The van der Waals surface area contributed by atoms with Crippen LogP contribution >= 0.6 is 22.9 Å². The number of hydrogen-bond acceptors (Lipinski definition) is 12. The summed E-state index contributed by atoms with van der Waals surface area (Å²) in [6.07, 6.45) is -3.47. The van der Waals surface area contributed by atoms with Crippen LogP contribution in [0.5, 0.6) is 17.2 Å². The molecule has 1 aliphatic heterocycles. The monoisotopic (exact) mass is 527 g/mol. The van der Waals surface area contributed by atoms with Crippen molar-refractivity contribution in [1.29, 1.82) is 5.26 Å². The second-order valence-electron chi connectivity index (χ2n) is 6.85. The first-order chi connectivity index (χ1) is 16.0. The molecule has 34 heavy (non-hydrogen) atoms. The Morgan fingerprint density at radius 3 is 2.76 bits per heavy atom. The highest BCUT2D eigenvalue weighted by Crippen LogP contribution is 2.46. The predicted molar refractivity (Wildman–Crippen MR) is 116 cm³/mol. The molecule has 4 rings (SSSR count). The van der Waals surface area contributed by atoms with Crippen LogP contribution in [0.2, 0.25) is 5.02 Å². The number of carbonyl (C=O) groups is 1. The molecule has 0 aliphatic carbocycles. The number of ether oxygens (including phenoxy) is 3. The maximum Gasteiger partial charge on any atom is 0.505 e. The van der Waals surface area contributed by atoms with Gasteiger partial charge < -0.3 is 18.7 Å². The Morgan fingerprint density at radius 2 is 2.15 bits per heavy atom. The number of anilines is 1. The number of methoxy groups -OCH3 is 1. The van der Waals surface area contributed by atoms with E-state index < -0.39 is 28.4 Å². The zero-order chi connectivity index (χ0) is 24.8. The minimum atomic E-state index is -4.29. The lowest BCUT2D eigenvalue weighted by Crippen LogP contribution is -2.37. The highest BCUT2D eigenvalue weighted by atomic mass is 35.5. The summed E-state index contributed by atoms with van der Waals surface area (Å²) in [7, 11) is -3.02. The van der Waals surface area contributed by atoms with Gasteiger partial charge in [0.05, 0.1) is 12.0 Å². The molecule has 0 amide bonds. The van der Waals surface area contributed by atoms with Gasteiger partial charge in [-0.3, -0.25) is 15.0 Å². The summed E-state index contributed by atoms with van der Waals surface area (Å²) in [4.78, 5) is 12.7. The largest absolute Gasteiger partial charge is 0.505 e. The third kappa shape index (κ3) is 4.15. The fourth-order valence-electron chi connectivity index (χ4n) is 3.16. The van der Waals surface area contributed by atoms with Crippen molar-refractivity contribution in [2.24, 2.45) is 0 Å². The van der Waals surface area contributed by atoms with Gasteiger partial charge in [0, 0.05) is 18.1 Å². The smallest absolute Gasteiger partial charge is 0.496 e. The molecule has 0 spiro atoms. The maximum atomic E-state index is 13.2. The number of halogens is 1. The zero-order valence-corrected chi connectivity index (χ0v) is 19.7. The summed E-state index contributed by atoms with van der Waals surface area (Å²) >= 11 is 6.84. The molecule has 3 aromatic rings. The van der Waals surface area contributed by atoms with Crippen molar-refractivity contribution >= 4 is 44.6 Å². The number of nitrogens with one attached hydrogen (secondary N) is 1. The van der Waals surface area contributed by atoms with E-state index in [0.29, 0.717) is 0 Å². The number of aliphatic hydroxyl groups is 2. The Bertz CT molecular complexity index is 1450. The molecule has 0 saturated heterocycles. The molecule has 12 nitrogen and oxygen atoms in total. The van der Waals surface area contributed by atoms with Gasteiger partial charge in [-0.05, 0) is 18.4 Å². The normalized spacial score (nSPS) is 14.0. The van der Waals surface area contributed by atoms with Crippen LogP contribution in [0.4, 0.5) is 5.88 Å². The van der Waals surface area contributed by atoms with Crippen molar-refractivity contribution in [1.82, 2.24) is 5.16 Å². The number of aryl methyl sites for hydroxylation is 1. The van der Waals surface area contributed by atoms with Crippen LogP contribution in [0.3, 0.4) is 0 Å². The predicted octanol–water partition coefficient (Wildman–Crippen LogP) is 2.17. The Hall–Kier alpha value is -3.35. The standard InChI is InChI=1S/C19H14ClN3O9S2/c1-8-15(20)18(32-22-8)23-34(27,28)14-3-4-33-17(14)11(24)5-9-10(7-21)16-13(6-12(9)29-2)30-19(25,26)31-16/h3-4,6,23,25-26H,5H2,1-2H3. The molecule has 0 saturated carbocycles. The molecule has 0 radical (unpaired) electrons. The third-order valence-electron chi connectivity index (χ3n) is 4.65. The number of Topliss-reactive ketones (excluding diaryl/α,β-unsaturated/α-hetero) is 1. The molecule has 1 aromatic carbocycles. The Labute approximate surface area is 200 Å². The van der Waals surface area contributed by atoms with Gasteiger partial charge in [-0.25, -0.2) is 13.1 Å². The number of carbonyl (C=O) groups excluding carboxylic acids is 1. The molecular formula is C19H14ClN3O9S2. The SMILES string of the molecule is COc1cc2c(c(C#N)c1CC(=O)c1sccc1S(=O)(=O)Nc1onc(C)c1Cl)OC(O)(O)O2. The highest BCUT2D eigenvalue weighted by molar-refractivity contribution is 7.93. The summed E-state index contributed by atoms with van der Waals surface area (Å²) < 4.78 is 47.7. The summed E-state index contributed by atoms with van der Waals surface area (Å²) in [5, 5.41) is 33.8. The van der Waals surface area contributed by atoms with Crippen LogP contribution in [0.25, 0.3) is 0 Å². The lowest BCUT2D eigenvalue weighted by molar-refractivity contribution is -0.385. The number of sulfonamides is 1. The lowest BCUT2D eigenvalue weighted by atomic mass is 9.99. The van der Waals surface area contributed by atoms with E-state index in [0.717, 1.165) is 11.3 Å². The zero-order valence-electron chi connectivity index (χ0n) is 17.3. The molecule has 0 bridgehead atoms. The van der Waals surface area contributed by atoms with Crippen LogP contribution in [0.15, 0.2) is 26.9 Å². The molecule has 2 aromatic heterocycles. The summed E-state index contributed by atoms with van der Waals surface area (Å²) in [5.41, 5.74) is 0.0686. The Balaban J connectivity index is 1.69. The average molecular weight is 528 g/mol. The minimum absolute atomic E-state index is 0.0213. The molecule has 1 aliphatic rings. The lowest BCUT2D eigenvalue weighted by Gasteiger charge is -2.12. The van der Waals surface area contributed by atoms with Crippen LogP contribution in [-0.4, -0.2) is 42.8 Å². The quantitative estimate of drug-likeness (QED) is 0.302. The fourth-order valence-corrected chi connectivity index (χ4v) is 5.72. The Morgan fingerprint density at radius 1 is 1.41 bits per heavy atom. The van der Waals surface area contributed by atoms with Gasteiger partial charge in [-0.2, -0.15) is 5.26 Å². The molecule has 3 N–H and O–H groups in total. The van der Waals surface area contributed by atoms with Gasteiger partial charge in [0.2, 0.25) is 0 Å². The molecule has 178 valence electrons. The van der Waals surface area contributed by atoms with E-state index in [1.807, 2.05) is 6.07 Å². The summed E-state index contributed by atoms with van der Waals surface area (Å²) in [6.45, 7) is 1.52. The topological polar surface area (TPSA) is 181 Å². The first-order valence-electron chi connectivity index (χ1n) is 9.19. The van der Waals surface area contributed by atoms with Crippen LogP contribution in [0, 0.1) is 18.3 Å². The molecule has 0 fully saturated rings. The first kappa shape index (κ1) is 23.8. The van der Waals surface area contributed by atoms with E-state index in [1.165, 1.54) is 31.5 Å². The van der Waals surface area contributed by atoms with Crippen molar-refractivity contribution in [2.75, 3.05) is 11.8 Å². The Kier molecular flexibility index (Phi) is 5.92. The summed E-state index contributed by atoms with van der Waals surface area (Å²) in [6, 6.07) is 4.27. The van der Waals surface area contributed by atoms with Gasteiger partial charge >= 0.3 is 6.16 Å². The molecule has 15 heteroatoms. The number of nitriles is 1. The minimum Gasteiger partial charge on any atom is -0.496 e. The van der Waals surface area contributed by atoms with Crippen molar-refractivity contribution in [3.8, 4) is 23.3 Å². The van der Waals surface area contributed by atoms with Gasteiger partial charge in [0.1, 0.15) is 33.0 Å². The maximum absolute atomic E-state index is 13.2. The highest BCUT2D eigenvalue weighted by Gasteiger charge is 2.42. The van der Waals surface area contributed by atoms with E-state index >= 15 is 0 Å². The van der Waals surface area contributed by atoms with Gasteiger partial charge in [-0.15, -0.1) is 11.3 Å². The second kappa shape index (κ2) is 8.46. The number of hydrogen-bond donors (Lipinski definition) is 3. The molecule has 3 heterocycles. The van der Waals surface area contributed by atoms with Crippen molar-refractivity contribution in [2.45, 2.75) is 24.4 Å². The third-order valence-corrected chi connectivity index (χ3v) is 7.55.